The van der Waals surface area contributed by atoms with Gasteiger partial charge in [-0.15, -0.1) is 0 Å². The van der Waals surface area contributed by atoms with Crippen molar-refractivity contribution in [2.75, 3.05) is 7.11 Å². The Kier molecular flexibility index (Phi) is 5.01. The smallest absolute Gasteiger partial charge is 0.308 e. The van der Waals surface area contributed by atoms with E-state index in [1.807, 2.05) is 12.1 Å². The second kappa shape index (κ2) is 6.75. The second-order valence-electron chi connectivity index (χ2n) is 5.43. The Balaban J connectivity index is 2.17. The molecule has 1 saturated carbocycles. The van der Waals surface area contributed by atoms with Crippen LogP contribution in [-0.4, -0.2) is 13.1 Å². The van der Waals surface area contributed by atoms with Crippen molar-refractivity contribution >= 4 is 5.97 Å². The summed E-state index contributed by atoms with van der Waals surface area (Å²) in [5, 5.41) is 0. The van der Waals surface area contributed by atoms with E-state index in [2.05, 4.69) is 0 Å². The van der Waals surface area contributed by atoms with Crippen LogP contribution in [0.5, 0.6) is 11.5 Å². The first kappa shape index (κ1) is 14.9. The van der Waals surface area contributed by atoms with Gasteiger partial charge < -0.3 is 15.2 Å². The van der Waals surface area contributed by atoms with Crippen molar-refractivity contribution in [2.24, 2.45) is 11.7 Å². The van der Waals surface area contributed by atoms with Crippen LogP contribution in [0.3, 0.4) is 0 Å². The summed E-state index contributed by atoms with van der Waals surface area (Å²) in [6.45, 7) is 1.38. The lowest BCUT2D eigenvalue weighted by atomic mass is 9.81. The van der Waals surface area contributed by atoms with Gasteiger partial charge >= 0.3 is 5.97 Å². The number of methoxy groups -OCH3 is 1. The molecular weight excluding hydrogens is 254 g/mol. The van der Waals surface area contributed by atoms with E-state index in [-0.39, 0.29) is 12.0 Å². The molecule has 1 atom stereocenters. The van der Waals surface area contributed by atoms with Crippen LogP contribution in [0, 0.1) is 5.92 Å². The molecule has 0 spiro atoms. The number of rotatable bonds is 4. The zero-order valence-electron chi connectivity index (χ0n) is 12.2. The molecule has 0 heterocycles. The largest absolute Gasteiger partial charge is 0.493 e. The van der Waals surface area contributed by atoms with E-state index in [1.54, 1.807) is 13.2 Å². The van der Waals surface area contributed by atoms with Crippen LogP contribution < -0.4 is 15.2 Å². The van der Waals surface area contributed by atoms with Crippen LogP contribution >= 0.6 is 0 Å². The molecule has 110 valence electrons. The van der Waals surface area contributed by atoms with E-state index in [9.17, 15) is 4.79 Å². The molecule has 1 fully saturated rings. The topological polar surface area (TPSA) is 61.6 Å². The summed E-state index contributed by atoms with van der Waals surface area (Å²) in [6.07, 6.45) is 6.23. The third kappa shape index (κ3) is 3.51. The first-order valence-electron chi connectivity index (χ1n) is 7.23. The van der Waals surface area contributed by atoms with E-state index in [0.717, 1.165) is 5.56 Å². The SMILES string of the molecule is COc1cc([C@H](N)C2CCCCC2)ccc1OC(C)=O. The Bertz CT molecular complexity index is 467. The predicted octanol–water partition coefficient (Wildman–Crippen LogP) is 3.20. The highest BCUT2D eigenvalue weighted by atomic mass is 16.6. The predicted molar refractivity (Wildman–Crippen MR) is 77.8 cm³/mol. The Morgan fingerprint density at radius 2 is 1.95 bits per heavy atom. The maximum Gasteiger partial charge on any atom is 0.308 e. The lowest BCUT2D eigenvalue weighted by Gasteiger charge is -2.28. The minimum Gasteiger partial charge on any atom is -0.493 e. The third-order valence-electron chi connectivity index (χ3n) is 3.98. The number of ether oxygens (including phenoxy) is 2. The first-order valence-corrected chi connectivity index (χ1v) is 7.23. The van der Waals surface area contributed by atoms with Crippen LogP contribution in [0.1, 0.15) is 50.6 Å². The number of nitrogens with two attached hydrogens (primary N) is 1. The number of carbonyl (C=O) groups excluding carboxylic acids is 1. The minimum absolute atomic E-state index is 0.0237. The lowest BCUT2D eigenvalue weighted by molar-refractivity contribution is -0.132. The summed E-state index contributed by atoms with van der Waals surface area (Å²) in [5.41, 5.74) is 7.43. The zero-order chi connectivity index (χ0) is 14.5. The quantitative estimate of drug-likeness (QED) is 0.678. The molecular formula is C16H23NO3. The first-order chi connectivity index (χ1) is 9.61. The van der Waals surface area contributed by atoms with Crippen molar-refractivity contribution in [2.45, 2.75) is 45.1 Å². The molecule has 1 aliphatic carbocycles. The van der Waals surface area contributed by atoms with Crippen molar-refractivity contribution < 1.29 is 14.3 Å². The molecule has 1 aromatic carbocycles. The number of hydrogen-bond donors (Lipinski definition) is 1. The fraction of sp³-hybridized carbons (Fsp3) is 0.562. The van der Waals surface area contributed by atoms with Gasteiger partial charge in [0.05, 0.1) is 7.11 Å². The Hall–Kier alpha value is -1.55. The molecule has 0 saturated heterocycles. The van der Waals surface area contributed by atoms with Gasteiger partial charge in [0.25, 0.3) is 0 Å². The van der Waals surface area contributed by atoms with Crippen molar-refractivity contribution in [3.05, 3.63) is 23.8 Å². The minimum atomic E-state index is -0.354. The fourth-order valence-electron chi connectivity index (χ4n) is 2.90. The Labute approximate surface area is 120 Å². The van der Waals surface area contributed by atoms with Crippen molar-refractivity contribution in [1.29, 1.82) is 0 Å². The summed E-state index contributed by atoms with van der Waals surface area (Å²) in [5.74, 6) is 1.18. The Morgan fingerprint density at radius 3 is 2.55 bits per heavy atom. The molecule has 0 aromatic heterocycles. The molecule has 0 radical (unpaired) electrons. The normalized spacial score (nSPS) is 17.6. The summed E-state index contributed by atoms with van der Waals surface area (Å²) in [6, 6.07) is 5.60. The van der Waals surface area contributed by atoms with E-state index >= 15 is 0 Å². The van der Waals surface area contributed by atoms with Crippen LogP contribution in [0.25, 0.3) is 0 Å². The maximum atomic E-state index is 11.0. The third-order valence-corrected chi connectivity index (χ3v) is 3.98. The van der Waals surface area contributed by atoms with Gasteiger partial charge in [0.1, 0.15) is 0 Å². The molecule has 1 aromatic rings. The lowest BCUT2D eigenvalue weighted by Crippen LogP contribution is -2.23. The highest BCUT2D eigenvalue weighted by Crippen LogP contribution is 2.36. The number of hydrogen-bond acceptors (Lipinski definition) is 4. The van der Waals surface area contributed by atoms with Gasteiger partial charge in [0.15, 0.2) is 11.5 Å². The van der Waals surface area contributed by atoms with Crippen LogP contribution in [0.2, 0.25) is 0 Å². The molecule has 2 rings (SSSR count). The molecule has 0 bridgehead atoms. The van der Waals surface area contributed by atoms with Gasteiger partial charge in [0.2, 0.25) is 0 Å². The van der Waals surface area contributed by atoms with E-state index < -0.39 is 0 Å². The number of esters is 1. The summed E-state index contributed by atoms with van der Waals surface area (Å²) < 4.78 is 10.4. The van der Waals surface area contributed by atoms with Gasteiger partial charge in [-0.1, -0.05) is 25.3 Å². The van der Waals surface area contributed by atoms with Crippen LogP contribution in [0.4, 0.5) is 0 Å². The molecule has 0 amide bonds. The average Bonchev–Trinajstić information content (AvgIpc) is 2.47. The van der Waals surface area contributed by atoms with E-state index in [4.69, 9.17) is 15.2 Å². The zero-order valence-corrected chi connectivity index (χ0v) is 12.2. The van der Waals surface area contributed by atoms with Gasteiger partial charge in [-0.05, 0) is 36.5 Å². The Morgan fingerprint density at radius 1 is 1.25 bits per heavy atom. The summed E-state index contributed by atoms with van der Waals surface area (Å²) in [4.78, 5) is 11.0. The van der Waals surface area contributed by atoms with Gasteiger partial charge in [-0.25, -0.2) is 0 Å². The van der Waals surface area contributed by atoms with E-state index in [1.165, 1.54) is 39.0 Å². The highest BCUT2D eigenvalue weighted by Gasteiger charge is 2.23. The van der Waals surface area contributed by atoms with Gasteiger partial charge in [-0.3, -0.25) is 4.79 Å². The fourth-order valence-corrected chi connectivity index (χ4v) is 2.90. The molecule has 4 heteroatoms. The molecule has 2 N–H and O–H groups in total. The monoisotopic (exact) mass is 277 g/mol. The van der Waals surface area contributed by atoms with Crippen molar-refractivity contribution in [3.8, 4) is 11.5 Å². The van der Waals surface area contributed by atoms with Gasteiger partial charge in [-0.2, -0.15) is 0 Å². The van der Waals surface area contributed by atoms with Crippen LogP contribution in [0.15, 0.2) is 18.2 Å². The number of benzene rings is 1. The molecule has 1 aliphatic rings. The molecule has 4 nitrogen and oxygen atoms in total. The van der Waals surface area contributed by atoms with Crippen molar-refractivity contribution in [3.63, 3.8) is 0 Å². The van der Waals surface area contributed by atoms with Crippen LogP contribution in [-0.2, 0) is 4.79 Å². The second-order valence-corrected chi connectivity index (χ2v) is 5.43. The summed E-state index contributed by atoms with van der Waals surface area (Å²) in [7, 11) is 1.57. The van der Waals surface area contributed by atoms with E-state index in [0.29, 0.717) is 17.4 Å². The molecule has 20 heavy (non-hydrogen) atoms. The maximum absolute atomic E-state index is 11.0. The van der Waals surface area contributed by atoms with Crippen molar-refractivity contribution in [1.82, 2.24) is 0 Å². The molecule has 0 unspecified atom stereocenters. The summed E-state index contributed by atoms with van der Waals surface area (Å²) >= 11 is 0. The number of carbonyl (C=O) groups is 1. The standard InChI is InChI=1S/C16H23NO3/c1-11(18)20-14-9-8-13(10-15(14)19-2)16(17)12-6-4-3-5-7-12/h8-10,12,16H,3-7,17H2,1-2H3/t16-/m1/s1. The molecule has 0 aliphatic heterocycles. The van der Waals surface area contributed by atoms with Gasteiger partial charge in [0, 0.05) is 13.0 Å². The average molecular weight is 277 g/mol. The highest BCUT2D eigenvalue weighted by molar-refractivity contribution is 5.70.